The molecular weight excluding hydrogens is 288 g/mol. The van der Waals surface area contributed by atoms with Crippen LogP contribution in [0.1, 0.15) is 12.0 Å². The van der Waals surface area contributed by atoms with Gasteiger partial charge in [-0.25, -0.2) is 4.79 Å². The van der Waals surface area contributed by atoms with E-state index in [0.717, 1.165) is 33.9 Å². The fourth-order valence-electron chi connectivity index (χ4n) is 2.47. The summed E-state index contributed by atoms with van der Waals surface area (Å²) in [6.07, 6.45) is 0.791. The summed E-state index contributed by atoms with van der Waals surface area (Å²) in [5.41, 5.74) is 1.19. The minimum absolute atomic E-state index is 0.332. The van der Waals surface area contributed by atoms with Crippen LogP contribution in [-0.4, -0.2) is 12.5 Å². The van der Waals surface area contributed by atoms with Crippen molar-refractivity contribution in [2.45, 2.75) is 13.3 Å². The van der Waals surface area contributed by atoms with E-state index in [2.05, 4.69) is 0 Å². The van der Waals surface area contributed by atoms with Gasteiger partial charge in [0.1, 0.15) is 11.3 Å². The fourth-order valence-corrected chi connectivity index (χ4v) is 2.58. The SMILES string of the molecule is Cc1cc(=O)oc2c1ccc1c(OCCCCl)cccc12. The summed E-state index contributed by atoms with van der Waals surface area (Å²) in [6, 6.07) is 11.2. The molecule has 0 aliphatic rings. The Morgan fingerprint density at radius 3 is 2.76 bits per heavy atom. The Balaban J connectivity index is 2.22. The molecule has 108 valence electrons. The van der Waals surface area contributed by atoms with Gasteiger partial charge in [0.25, 0.3) is 0 Å². The molecule has 2 aromatic carbocycles. The zero-order valence-electron chi connectivity index (χ0n) is 11.7. The number of rotatable bonds is 4. The van der Waals surface area contributed by atoms with Gasteiger partial charge in [-0.1, -0.05) is 18.2 Å². The summed E-state index contributed by atoms with van der Waals surface area (Å²) in [7, 11) is 0. The summed E-state index contributed by atoms with van der Waals surface area (Å²) in [6.45, 7) is 2.48. The predicted octanol–water partition coefficient (Wildman–Crippen LogP) is 4.26. The summed E-state index contributed by atoms with van der Waals surface area (Å²) in [5.74, 6) is 1.35. The van der Waals surface area contributed by atoms with Gasteiger partial charge in [-0.3, -0.25) is 0 Å². The molecule has 0 aliphatic heterocycles. The van der Waals surface area contributed by atoms with Crippen molar-refractivity contribution in [3.63, 3.8) is 0 Å². The normalized spacial score (nSPS) is 11.1. The number of aryl methyl sites for hydroxylation is 1. The van der Waals surface area contributed by atoms with Gasteiger partial charge in [0.2, 0.25) is 0 Å². The third kappa shape index (κ3) is 2.61. The summed E-state index contributed by atoms with van der Waals surface area (Å²) in [5, 5.41) is 2.77. The number of fused-ring (bicyclic) bond motifs is 3. The summed E-state index contributed by atoms with van der Waals surface area (Å²) >= 11 is 5.67. The molecule has 1 heterocycles. The molecule has 0 saturated carbocycles. The second-order valence-electron chi connectivity index (χ2n) is 4.93. The zero-order chi connectivity index (χ0) is 14.8. The standard InChI is InChI=1S/C17H15ClO3/c1-11-10-16(19)21-17-12(11)6-7-13-14(17)4-2-5-15(13)20-9-3-8-18/h2,4-7,10H,3,8-9H2,1H3. The maximum Gasteiger partial charge on any atom is 0.336 e. The second-order valence-corrected chi connectivity index (χ2v) is 5.31. The second kappa shape index (κ2) is 5.78. The Bertz CT molecular complexity index is 852. The lowest BCUT2D eigenvalue weighted by Crippen LogP contribution is -2.00. The summed E-state index contributed by atoms with van der Waals surface area (Å²) in [4.78, 5) is 11.6. The van der Waals surface area contributed by atoms with Crippen LogP contribution in [0.4, 0.5) is 0 Å². The monoisotopic (exact) mass is 302 g/mol. The number of ether oxygens (including phenoxy) is 1. The van der Waals surface area contributed by atoms with Crippen LogP contribution in [0.15, 0.2) is 45.6 Å². The molecule has 21 heavy (non-hydrogen) atoms. The molecule has 0 aliphatic carbocycles. The van der Waals surface area contributed by atoms with Gasteiger partial charge < -0.3 is 9.15 Å². The van der Waals surface area contributed by atoms with Crippen LogP contribution in [0.2, 0.25) is 0 Å². The number of alkyl halides is 1. The first-order valence-electron chi connectivity index (χ1n) is 6.85. The molecule has 3 aromatic rings. The van der Waals surface area contributed by atoms with E-state index in [9.17, 15) is 4.79 Å². The molecule has 0 radical (unpaired) electrons. The van der Waals surface area contributed by atoms with Gasteiger partial charge in [-0.2, -0.15) is 0 Å². The molecule has 0 bridgehead atoms. The molecule has 0 saturated heterocycles. The van der Waals surface area contributed by atoms with E-state index in [1.54, 1.807) is 0 Å². The van der Waals surface area contributed by atoms with E-state index in [1.807, 2.05) is 37.3 Å². The van der Waals surface area contributed by atoms with Gasteiger partial charge in [-0.15, -0.1) is 11.6 Å². The van der Waals surface area contributed by atoms with Crippen LogP contribution in [-0.2, 0) is 0 Å². The molecule has 0 N–H and O–H groups in total. The number of benzene rings is 2. The van der Waals surface area contributed by atoms with Crippen LogP contribution in [0.25, 0.3) is 21.7 Å². The predicted molar refractivity (Wildman–Crippen MR) is 85.6 cm³/mol. The van der Waals surface area contributed by atoms with Crippen molar-refractivity contribution in [1.29, 1.82) is 0 Å². The maximum atomic E-state index is 11.6. The Labute approximate surface area is 127 Å². The van der Waals surface area contributed by atoms with Crippen molar-refractivity contribution in [2.75, 3.05) is 12.5 Å². The minimum Gasteiger partial charge on any atom is -0.493 e. The summed E-state index contributed by atoms with van der Waals surface area (Å²) < 4.78 is 11.2. The first-order chi connectivity index (χ1) is 10.2. The Kier molecular flexibility index (Phi) is 3.84. The number of hydrogen-bond donors (Lipinski definition) is 0. The lowest BCUT2D eigenvalue weighted by atomic mass is 10.0. The lowest BCUT2D eigenvalue weighted by Gasteiger charge is -2.10. The Morgan fingerprint density at radius 1 is 1.14 bits per heavy atom. The van der Waals surface area contributed by atoms with Gasteiger partial charge >= 0.3 is 5.63 Å². The van der Waals surface area contributed by atoms with E-state index < -0.39 is 0 Å². The highest BCUT2D eigenvalue weighted by atomic mass is 35.5. The maximum absolute atomic E-state index is 11.6. The largest absolute Gasteiger partial charge is 0.493 e. The zero-order valence-corrected chi connectivity index (χ0v) is 12.4. The number of halogens is 1. The molecule has 0 amide bonds. The number of hydrogen-bond acceptors (Lipinski definition) is 3. The van der Waals surface area contributed by atoms with Crippen LogP contribution in [0.5, 0.6) is 5.75 Å². The molecule has 3 nitrogen and oxygen atoms in total. The highest BCUT2D eigenvalue weighted by Crippen LogP contribution is 2.32. The van der Waals surface area contributed by atoms with E-state index >= 15 is 0 Å². The van der Waals surface area contributed by atoms with E-state index in [4.69, 9.17) is 20.8 Å². The lowest BCUT2D eigenvalue weighted by molar-refractivity contribution is 0.322. The minimum atomic E-state index is -0.332. The van der Waals surface area contributed by atoms with Crippen molar-refractivity contribution in [3.05, 3.63) is 52.4 Å². The molecule has 0 fully saturated rings. The molecule has 0 atom stereocenters. The fraction of sp³-hybridized carbons (Fsp3) is 0.235. The molecule has 1 aromatic heterocycles. The van der Waals surface area contributed by atoms with Gasteiger partial charge in [0, 0.05) is 28.1 Å². The average Bonchev–Trinajstić information content (AvgIpc) is 2.47. The van der Waals surface area contributed by atoms with E-state index in [0.29, 0.717) is 18.1 Å². The third-order valence-corrected chi connectivity index (χ3v) is 3.74. The highest BCUT2D eigenvalue weighted by molar-refractivity contribution is 6.17. The first-order valence-corrected chi connectivity index (χ1v) is 7.39. The van der Waals surface area contributed by atoms with Crippen molar-refractivity contribution in [2.24, 2.45) is 0 Å². The first kappa shape index (κ1) is 14.0. The molecule has 0 unspecified atom stereocenters. The van der Waals surface area contributed by atoms with Crippen LogP contribution >= 0.6 is 11.6 Å². The van der Waals surface area contributed by atoms with Crippen molar-refractivity contribution < 1.29 is 9.15 Å². The molecule has 3 rings (SSSR count). The van der Waals surface area contributed by atoms with E-state index in [-0.39, 0.29) is 5.63 Å². The smallest absolute Gasteiger partial charge is 0.336 e. The van der Waals surface area contributed by atoms with Gasteiger partial charge in [0.05, 0.1) is 6.61 Å². The van der Waals surface area contributed by atoms with Crippen LogP contribution in [0.3, 0.4) is 0 Å². The molecular formula is C17H15ClO3. The molecule has 4 heteroatoms. The van der Waals surface area contributed by atoms with E-state index in [1.165, 1.54) is 6.07 Å². The van der Waals surface area contributed by atoms with Gasteiger partial charge in [-0.05, 0) is 31.0 Å². The van der Waals surface area contributed by atoms with Crippen molar-refractivity contribution in [3.8, 4) is 5.75 Å². The Hall–Kier alpha value is -2.00. The quantitative estimate of drug-likeness (QED) is 0.313. The van der Waals surface area contributed by atoms with Crippen LogP contribution < -0.4 is 10.4 Å². The van der Waals surface area contributed by atoms with Crippen molar-refractivity contribution >= 4 is 33.3 Å². The van der Waals surface area contributed by atoms with Crippen LogP contribution in [0, 0.1) is 6.92 Å². The van der Waals surface area contributed by atoms with Gasteiger partial charge in [0.15, 0.2) is 0 Å². The average molecular weight is 303 g/mol. The molecule has 0 spiro atoms. The Morgan fingerprint density at radius 2 is 1.95 bits per heavy atom. The highest BCUT2D eigenvalue weighted by Gasteiger charge is 2.09. The van der Waals surface area contributed by atoms with Crippen molar-refractivity contribution in [1.82, 2.24) is 0 Å². The topological polar surface area (TPSA) is 39.4 Å². The third-order valence-electron chi connectivity index (χ3n) is 3.47.